The molecule has 12 nitrogen and oxygen atoms in total. The van der Waals surface area contributed by atoms with E-state index in [2.05, 4.69) is 0 Å². The van der Waals surface area contributed by atoms with E-state index in [0.29, 0.717) is 41.5 Å². The van der Waals surface area contributed by atoms with Gasteiger partial charge in [-0.3, -0.25) is 0 Å². The number of hydrogen-bond acceptors (Lipinski definition) is 12. The zero-order valence-electron chi connectivity index (χ0n) is 44.1. The van der Waals surface area contributed by atoms with Crippen LogP contribution in [-0.4, -0.2) is 70.4 Å². The van der Waals surface area contributed by atoms with E-state index >= 15 is 0 Å². The third-order valence-electron chi connectivity index (χ3n) is 14.9. The largest absolute Gasteiger partial charge is 0.515 e. The van der Waals surface area contributed by atoms with Crippen LogP contribution < -0.4 is 41.5 Å². The monoisotopic (exact) mass is 1420 g/mol. The summed E-state index contributed by atoms with van der Waals surface area (Å²) in [4.78, 5) is 0. The van der Waals surface area contributed by atoms with Crippen LogP contribution in [0.4, 0.5) is 0 Å². The van der Waals surface area contributed by atoms with Crippen molar-refractivity contribution in [1.29, 1.82) is 0 Å². The van der Waals surface area contributed by atoms with Gasteiger partial charge in [0.1, 0.15) is 0 Å². The van der Waals surface area contributed by atoms with Crippen molar-refractivity contribution in [1.82, 2.24) is 0 Å². The lowest BCUT2D eigenvalue weighted by Gasteiger charge is -2.62. The van der Waals surface area contributed by atoms with Crippen LogP contribution in [0, 0.1) is 0 Å². The van der Waals surface area contributed by atoms with E-state index in [1.54, 1.807) is 0 Å². The fourth-order valence-corrected chi connectivity index (χ4v) is 57.7. The highest BCUT2D eigenvalue weighted by atomic mass is 35.5. The average molecular weight is 1420 g/mol. The number of rotatable bonds is 16. The van der Waals surface area contributed by atoms with Crippen LogP contribution in [0.3, 0.4) is 0 Å². The molecule has 0 amide bonds. The smallest absolute Gasteiger partial charge is 0.366 e. The Labute approximate surface area is 535 Å². The molecule has 6 aliphatic rings. The van der Waals surface area contributed by atoms with Crippen molar-refractivity contribution in [2.75, 3.05) is 0 Å². The molecule has 0 spiro atoms. The van der Waals surface area contributed by atoms with Gasteiger partial charge in [-0.1, -0.05) is 194 Å². The van der Waals surface area contributed by atoms with Crippen LogP contribution in [0.5, 0.6) is 0 Å². The maximum atomic E-state index is 8.31. The van der Waals surface area contributed by atoms with E-state index in [4.69, 9.17) is 142 Å². The van der Waals surface area contributed by atoms with Gasteiger partial charge < -0.3 is 49.4 Å². The number of alkyl halides is 8. The summed E-state index contributed by atoms with van der Waals surface area (Å²) in [6.07, 6.45) is 0. The minimum Gasteiger partial charge on any atom is -0.366 e. The highest BCUT2D eigenvalue weighted by molar-refractivity contribution is 7.14. The van der Waals surface area contributed by atoms with Crippen molar-refractivity contribution in [2.45, 2.75) is 47.0 Å². The second-order valence-corrected chi connectivity index (χ2v) is 45.8. The van der Waals surface area contributed by atoms with Crippen molar-refractivity contribution in [3.63, 3.8) is 0 Å². The summed E-state index contributed by atoms with van der Waals surface area (Å²) >= 11 is 52.7. The maximum Gasteiger partial charge on any atom is 0.515 e. The number of halogens is 8. The Bertz CT molecular complexity index is 2880. The Morgan fingerprint density at radius 2 is 0.238 bits per heavy atom. The summed E-state index contributed by atoms with van der Waals surface area (Å²) < 4.78 is 99.7. The molecule has 0 radical (unpaired) electrons. The Morgan fingerprint density at radius 3 is 0.310 bits per heavy atom. The van der Waals surface area contributed by atoms with Crippen molar-refractivity contribution < 1.29 is 49.4 Å². The third kappa shape index (κ3) is 10.7. The van der Waals surface area contributed by atoms with Gasteiger partial charge in [0, 0.05) is 88.5 Å². The average Bonchev–Trinajstić information content (AvgIpc) is 0.703. The SMILES string of the molecule is ClCc1ccc([Si]23O[Si]4(c5ccc(CCl)cc5)O[Si]5(c6ccc(CCl)cc6)O[Si](c6ccc(CCl)cc6)(O2)O[Si]2(c6ccc(CCl)cc6)O[Si](c6ccc(CCl)cc6)(O3)O[Si](c3ccc(CCl)cc3)(O4)O[Si](c3ccc(CCl)cc3)(O5)O2)cc1. The molecule has 0 saturated carbocycles. The Balaban J connectivity index is 1.26. The van der Waals surface area contributed by atoms with E-state index in [-0.39, 0.29) is 47.0 Å². The molecule has 0 unspecified atom stereocenters. The number of benzene rings is 8. The summed E-state index contributed by atoms with van der Waals surface area (Å²) in [5.41, 5.74) is 6.39. The minimum atomic E-state index is -5.08. The molecule has 0 aliphatic carbocycles. The standard InChI is InChI=1S/C56H48Cl8O12Si8/c57-33-41-1-17-49(18-2-41)77-65-78(50-19-3-42(34-58)4-20-50)68-81(53-25-9-45(37-61)10-26-53)70-79(66-77,51-21-5-43(35-59)6-22-51)72-83(55-29-13-47(39-63)14-30-55)73-80(67-77,52-23-7-44(36-60)8-24-52)71-82(69-78,54-27-11-46(38-62)12-28-54)75-84(74-81,76-83)56-31-15-48(40-64)16-32-56/h1-32H,33-40H2. The van der Waals surface area contributed by atoms with Gasteiger partial charge in [0.15, 0.2) is 0 Å². The first-order chi connectivity index (χ1) is 40.8. The van der Waals surface area contributed by atoms with Crippen LogP contribution in [0.25, 0.3) is 0 Å². The quantitative estimate of drug-likeness (QED) is 0.0681. The third-order valence-corrected chi connectivity index (χ3v) is 51.5. The molecule has 0 aromatic heterocycles. The summed E-state index contributed by atoms with van der Waals surface area (Å²) in [6.45, 7) is 0. The lowest BCUT2D eigenvalue weighted by Crippen LogP contribution is -2.96. The van der Waals surface area contributed by atoms with Crippen LogP contribution in [-0.2, 0) is 96.4 Å². The topological polar surface area (TPSA) is 111 Å². The summed E-state index contributed by atoms with van der Waals surface area (Å²) in [5, 5.41) is 3.46. The summed E-state index contributed by atoms with van der Waals surface area (Å²) in [5.74, 6) is 1.56. The summed E-state index contributed by atoms with van der Waals surface area (Å²) in [6, 6.07) is 59.9. The van der Waals surface area contributed by atoms with Gasteiger partial charge in [-0.15, -0.1) is 92.8 Å². The molecule has 8 aromatic rings. The van der Waals surface area contributed by atoms with Crippen molar-refractivity contribution >= 4 is 205 Å². The van der Waals surface area contributed by atoms with E-state index in [1.165, 1.54) is 0 Å². The fraction of sp³-hybridized carbons (Fsp3) is 0.143. The molecule has 6 fully saturated rings. The Hall–Kier alpha value is -2.66. The molecule has 84 heavy (non-hydrogen) atoms. The molecule has 8 aromatic carbocycles. The molecule has 28 heteroatoms. The minimum absolute atomic E-state index is 0.195. The van der Waals surface area contributed by atoms with Crippen LogP contribution >= 0.6 is 92.8 Å². The molecule has 14 rings (SSSR count). The number of hydrogen-bond donors (Lipinski definition) is 0. The molecular formula is C56H48Cl8O12Si8. The maximum absolute atomic E-state index is 8.31. The van der Waals surface area contributed by atoms with Crippen LogP contribution in [0.2, 0.25) is 0 Å². The second kappa shape index (κ2) is 23.9. The lowest BCUT2D eigenvalue weighted by molar-refractivity contribution is -0.00296. The molecule has 6 aliphatic heterocycles. The van der Waals surface area contributed by atoms with E-state index in [9.17, 15) is 0 Å². The van der Waals surface area contributed by atoms with Gasteiger partial charge in [-0.05, 0) is 44.5 Å². The first-order valence-corrected chi connectivity index (χ1v) is 44.5. The van der Waals surface area contributed by atoms with Crippen molar-refractivity contribution in [3.05, 3.63) is 239 Å². The molecule has 6 heterocycles. The van der Waals surface area contributed by atoms with Gasteiger partial charge in [0.05, 0.1) is 0 Å². The normalized spacial score (nSPS) is 29.6. The van der Waals surface area contributed by atoms with Gasteiger partial charge in [0.2, 0.25) is 0 Å². The van der Waals surface area contributed by atoms with Gasteiger partial charge in [-0.25, -0.2) is 0 Å². The van der Waals surface area contributed by atoms with E-state index in [0.717, 1.165) is 44.5 Å². The molecule has 8 bridgehead atoms. The Morgan fingerprint density at radius 1 is 0.155 bits per heavy atom. The molecule has 432 valence electrons. The Kier molecular flexibility index (Phi) is 17.2. The second-order valence-electron chi connectivity index (χ2n) is 20.3. The lowest BCUT2D eigenvalue weighted by atomic mass is 10.2. The predicted molar refractivity (Wildman–Crippen MR) is 344 cm³/mol. The zero-order valence-corrected chi connectivity index (χ0v) is 58.1. The van der Waals surface area contributed by atoms with Gasteiger partial charge in [0.25, 0.3) is 0 Å². The highest BCUT2D eigenvalue weighted by Crippen LogP contribution is 2.49. The molecule has 0 atom stereocenters. The van der Waals surface area contributed by atoms with Crippen LogP contribution in [0.15, 0.2) is 194 Å². The molecule has 0 N–H and O–H groups in total. The fourth-order valence-electron chi connectivity index (χ4n) is 10.4. The van der Waals surface area contributed by atoms with Crippen LogP contribution in [0.1, 0.15) is 44.5 Å². The highest BCUT2D eigenvalue weighted by Gasteiger charge is 2.86. The van der Waals surface area contributed by atoms with Gasteiger partial charge >= 0.3 is 70.4 Å². The zero-order chi connectivity index (χ0) is 58.0. The van der Waals surface area contributed by atoms with E-state index < -0.39 is 70.4 Å². The summed E-state index contributed by atoms with van der Waals surface area (Å²) in [7, 11) is -40.6. The first-order valence-electron chi connectivity index (χ1n) is 26.4. The molecular weight excluding hydrogens is 1370 g/mol. The molecule has 6 saturated heterocycles. The first kappa shape index (κ1) is 60.3. The predicted octanol–water partition coefficient (Wildman–Crippen LogP) is 8.93. The van der Waals surface area contributed by atoms with Crippen molar-refractivity contribution in [2.24, 2.45) is 0 Å². The van der Waals surface area contributed by atoms with E-state index in [1.807, 2.05) is 194 Å². The van der Waals surface area contributed by atoms with Crippen molar-refractivity contribution in [3.8, 4) is 0 Å². The van der Waals surface area contributed by atoms with Gasteiger partial charge in [-0.2, -0.15) is 0 Å².